The second-order valence-electron chi connectivity index (χ2n) is 8.27. The summed E-state index contributed by atoms with van der Waals surface area (Å²) in [5.74, 6) is 0.793. The Bertz CT molecular complexity index is 1100. The van der Waals surface area contributed by atoms with Crippen molar-refractivity contribution in [2.24, 2.45) is 0 Å². The summed E-state index contributed by atoms with van der Waals surface area (Å²) in [6, 6.07) is 24.7. The molecule has 0 aliphatic heterocycles. The molecule has 0 fully saturated rings. The molecule has 3 aromatic carbocycles. The lowest BCUT2D eigenvalue weighted by atomic mass is 10.0. The second kappa shape index (κ2) is 14.3. The maximum Gasteiger partial charge on any atom is 0.243 e. The minimum absolute atomic E-state index is 0.0698. The molecule has 4 nitrogen and oxygen atoms in total. The number of halogens is 2. The van der Waals surface area contributed by atoms with Gasteiger partial charge < -0.3 is 10.2 Å². The highest BCUT2D eigenvalue weighted by Gasteiger charge is 2.30. The van der Waals surface area contributed by atoms with Gasteiger partial charge in [0.1, 0.15) is 6.04 Å². The quantitative estimate of drug-likeness (QED) is 0.269. The molecule has 2 amide bonds. The van der Waals surface area contributed by atoms with Gasteiger partial charge in [0.2, 0.25) is 11.8 Å². The van der Waals surface area contributed by atoms with Gasteiger partial charge in [-0.1, -0.05) is 89.1 Å². The molecule has 1 atom stereocenters. The fraction of sp³-hybridized carbons (Fsp3) is 0.286. The summed E-state index contributed by atoms with van der Waals surface area (Å²) in [6.45, 7) is 2.90. The minimum atomic E-state index is -0.622. The molecule has 0 heterocycles. The monoisotopic (exact) mass is 572 g/mol. The van der Waals surface area contributed by atoms with E-state index >= 15 is 0 Å². The molecule has 0 saturated carbocycles. The number of carbonyl (C=O) groups is 2. The molecule has 3 aromatic rings. The van der Waals surface area contributed by atoms with Crippen molar-refractivity contribution < 1.29 is 9.59 Å². The predicted molar refractivity (Wildman–Crippen MR) is 150 cm³/mol. The molecule has 0 unspecified atom stereocenters. The van der Waals surface area contributed by atoms with Gasteiger partial charge in [-0.25, -0.2) is 0 Å². The molecule has 1 N–H and O–H groups in total. The lowest BCUT2D eigenvalue weighted by Gasteiger charge is -2.31. The Labute approximate surface area is 225 Å². The Kier molecular flexibility index (Phi) is 11.2. The molecule has 0 radical (unpaired) electrons. The first kappa shape index (κ1) is 27.3. The number of rotatable bonds is 12. The molecule has 0 saturated heterocycles. The molecule has 0 aromatic heterocycles. The number of amides is 2. The SMILES string of the molecule is CCCNC(=O)[C@@H](Cc1ccccc1)N(Cc1cccc(Cl)c1)C(=O)CSCc1ccc(Br)cc1. The molecule has 35 heavy (non-hydrogen) atoms. The molecular weight excluding hydrogens is 544 g/mol. The number of hydrogen-bond donors (Lipinski definition) is 1. The fourth-order valence-electron chi connectivity index (χ4n) is 3.67. The van der Waals surface area contributed by atoms with Crippen molar-refractivity contribution in [1.82, 2.24) is 10.2 Å². The Morgan fingerprint density at radius 1 is 0.971 bits per heavy atom. The molecule has 3 rings (SSSR count). The summed E-state index contributed by atoms with van der Waals surface area (Å²) in [5.41, 5.74) is 3.05. The molecule has 0 spiro atoms. The van der Waals surface area contributed by atoms with Crippen LogP contribution >= 0.6 is 39.3 Å². The third-order valence-corrected chi connectivity index (χ3v) is 7.22. The Balaban J connectivity index is 1.82. The summed E-state index contributed by atoms with van der Waals surface area (Å²) >= 11 is 11.2. The lowest BCUT2D eigenvalue weighted by molar-refractivity contribution is -0.139. The van der Waals surface area contributed by atoms with Crippen LogP contribution in [0.1, 0.15) is 30.0 Å². The van der Waals surface area contributed by atoms with E-state index < -0.39 is 6.04 Å². The van der Waals surface area contributed by atoms with Crippen molar-refractivity contribution in [1.29, 1.82) is 0 Å². The second-order valence-corrected chi connectivity index (χ2v) is 10.6. The number of hydrogen-bond acceptors (Lipinski definition) is 3. The number of carbonyl (C=O) groups excluding carboxylic acids is 2. The Morgan fingerprint density at radius 3 is 2.37 bits per heavy atom. The summed E-state index contributed by atoms with van der Waals surface area (Å²) in [7, 11) is 0. The van der Waals surface area contributed by atoms with Gasteiger partial charge in [0, 0.05) is 34.8 Å². The maximum absolute atomic E-state index is 13.6. The van der Waals surface area contributed by atoms with Crippen LogP contribution in [-0.2, 0) is 28.3 Å². The standard InChI is InChI=1S/C28H30BrClN2O2S/c1-2-15-31-28(34)26(17-21-7-4-3-5-8-21)32(18-23-9-6-10-25(30)16-23)27(33)20-35-19-22-11-13-24(29)14-12-22/h3-14,16,26H,2,15,17-20H2,1H3,(H,31,34)/t26-/m1/s1. The molecule has 0 aliphatic rings. The fourth-order valence-corrected chi connectivity index (χ4v) is 5.02. The van der Waals surface area contributed by atoms with E-state index in [2.05, 4.69) is 21.2 Å². The van der Waals surface area contributed by atoms with Gasteiger partial charge in [0.15, 0.2) is 0 Å². The van der Waals surface area contributed by atoms with Crippen LogP contribution in [-0.4, -0.2) is 35.1 Å². The van der Waals surface area contributed by atoms with E-state index in [1.54, 1.807) is 22.7 Å². The zero-order chi connectivity index (χ0) is 25.0. The van der Waals surface area contributed by atoms with E-state index in [0.717, 1.165) is 33.3 Å². The van der Waals surface area contributed by atoms with Crippen LogP contribution in [0.25, 0.3) is 0 Å². The van der Waals surface area contributed by atoms with Crippen molar-refractivity contribution in [3.8, 4) is 0 Å². The van der Waals surface area contributed by atoms with E-state index in [-0.39, 0.29) is 17.6 Å². The van der Waals surface area contributed by atoms with Gasteiger partial charge >= 0.3 is 0 Å². The first-order chi connectivity index (χ1) is 17.0. The third-order valence-electron chi connectivity index (χ3n) is 5.47. The van der Waals surface area contributed by atoms with Crippen LogP contribution in [0, 0.1) is 0 Å². The highest BCUT2D eigenvalue weighted by molar-refractivity contribution is 9.10. The zero-order valence-corrected chi connectivity index (χ0v) is 22.9. The van der Waals surface area contributed by atoms with Gasteiger partial charge in [0.05, 0.1) is 5.75 Å². The Hall–Kier alpha value is -2.28. The average molecular weight is 574 g/mol. The normalized spacial score (nSPS) is 11.6. The van der Waals surface area contributed by atoms with Crippen LogP contribution < -0.4 is 5.32 Å². The van der Waals surface area contributed by atoms with Crippen molar-refractivity contribution in [3.63, 3.8) is 0 Å². The van der Waals surface area contributed by atoms with E-state index in [1.807, 2.05) is 79.7 Å². The summed E-state index contributed by atoms with van der Waals surface area (Å²) in [4.78, 5) is 28.6. The number of benzene rings is 3. The summed E-state index contributed by atoms with van der Waals surface area (Å²) in [5, 5.41) is 3.61. The lowest BCUT2D eigenvalue weighted by Crippen LogP contribution is -2.51. The molecular formula is C28H30BrClN2O2S. The summed E-state index contributed by atoms with van der Waals surface area (Å²) in [6.07, 6.45) is 1.27. The zero-order valence-electron chi connectivity index (χ0n) is 19.8. The van der Waals surface area contributed by atoms with Crippen LogP contribution in [0.5, 0.6) is 0 Å². The van der Waals surface area contributed by atoms with Crippen molar-refractivity contribution in [2.75, 3.05) is 12.3 Å². The predicted octanol–water partition coefficient (Wildman–Crippen LogP) is 6.50. The van der Waals surface area contributed by atoms with E-state index in [1.165, 1.54) is 0 Å². The molecule has 0 aliphatic carbocycles. The largest absolute Gasteiger partial charge is 0.354 e. The van der Waals surface area contributed by atoms with Gasteiger partial charge in [-0.2, -0.15) is 0 Å². The van der Waals surface area contributed by atoms with E-state index in [9.17, 15) is 9.59 Å². The van der Waals surface area contributed by atoms with Crippen LogP contribution in [0.15, 0.2) is 83.3 Å². The highest BCUT2D eigenvalue weighted by Crippen LogP contribution is 2.21. The highest BCUT2D eigenvalue weighted by atomic mass is 79.9. The topological polar surface area (TPSA) is 49.4 Å². The first-order valence-corrected chi connectivity index (χ1v) is 14.0. The van der Waals surface area contributed by atoms with Crippen LogP contribution in [0.4, 0.5) is 0 Å². The van der Waals surface area contributed by atoms with Gasteiger partial charge in [-0.3, -0.25) is 9.59 Å². The maximum atomic E-state index is 13.6. The Morgan fingerprint density at radius 2 is 1.69 bits per heavy atom. The van der Waals surface area contributed by atoms with Gasteiger partial charge in [0.25, 0.3) is 0 Å². The van der Waals surface area contributed by atoms with Crippen molar-refractivity contribution in [3.05, 3.63) is 105 Å². The third kappa shape index (κ3) is 9.02. The van der Waals surface area contributed by atoms with E-state index in [4.69, 9.17) is 11.6 Å². The smallest absolute Gasteiger partial charge is 0.243 e. The minimum Gasteiger partial charge on any atom is -0.354 e. The molecule has 184 valence electrons. The van der Waals surface area contributed by atoms with Crippen LogP contribution in [0.3, 0.4) is 0 Å². The van der Waals surface area contributed by atoms with Crippen molar-refractivity contribution in [2.45, 2.75) is 38.1 Å². The molecule has 7 heteroatoms. The van der Waals surface area contributed by atoms with Gasteiger partial charge in [-0.05, 0) is 47.4 Å². The number of nitrogens with zero attached hydrogens (tertiary/aromatic N) is 1. The number of thioether (sulfide) groups is 1. The van der Waals surface area contributed by atoms with E-state index in [0.29, 0.717) is 24.5 Å². The molecule has 0 bridgehead atoms. The van der Waals surface area contributed by atoms with Gasteiger partial charge in [-0.15, -0.1) is 11.8 Å². The van der Waals surface area contributed by atoms with Crippen molar-refractivity contribution >= 4 is 51.1 Å². The van der Waals surface area contributed by atoms with Crippen LogP contribution in [0.2, 0.25) is 5.02 Å². The average Bonchev–Trinajstić information content (AvgIpc) is 2.86. The number of nitrogens with one attached hydrogen (secondary N) is 1. The first-order valence-electron chi connectivity index (χ1n) is 11.6. The summed E-state index contributed by atoms with van der Waals surface area (Å²) < 4.78 is 1.02.